The first-order valence-corrected chi connectivity index (χ1v) is 11.6. The Hall–Kier alpha value is -2.43. The molecule has 1 amide bonds. The summed E-state index contributed by atoms with van der Waals surface area (Å²) in [5.41, 5.74) is 2.07. The number of carbonyl (C=O) groups excluding carboxylic acids is 1. The molecule has 4 aliphatic heterocycles. The van der Waals surface area contributed by atoms with E-state index < -0.39 is 18.9 Å². The summed E-state index contributed by atoms with van der Waals surface area (Å²) in [6, 6.07) is 2.04. The molecule has 5 heterocycles. The molecular formula is C22H25ClFN5O4. The van der Waals surface area contributed by atoms with Crippen molar-refractivity contribution in [1.29, 1.82) is 0 Å². The van der Waals surface area contributed by atoms with Crippen molar-refractivity contribution in [3.05, 3.63) is 16.7 Å². The van der Waals surface area contributed by atoms with Crippen LogP contribution in [0.2, 0.25) is 5.02 Å². The molecule has 0 aliphatic carbocycles. The normalized spacial score (nSPS) is 33.5. The van der Waals surface area contributed by atoms with Crippen LogP contribution in [-0.4, -0.2) is 74.8 Å². The number of carbonyl (C=O) groups is 1. The van der Waals surface area contributed by atoms with Crippen molar-refractivity contribution in [2.24, 2.45) is 10.4 Å². The Labute approximate surface area is 194 Å². The number of hydrogen-bond donors (Lipinski definition) is 1. The Morgan fingerprint density at radius 3 is 2.94 bits per heavy atom. The molecule has 1 aromatic carbocycles. The lowest BCUT2D eigenvalue weighted by atomic mass is 9.69. The van der Waals surface area contributed by atoms with Crippen LogP contribution in [0, 0.1) is 5.41 Å². The number of morpholine rings is 1. The highest BCUT2D eigenvalue weighted by atomic mass is 35.5. The number of amides is 1. The number of cyclic esters (lactones) is 1. The molecular weight excluding hydrogens is 453 g/mol. The van der Waals surface area contributed by atoms with Crippen molar-refractivity contribution in [1.82, 2.24) is 10.5 Å². The Morgan fingerprint density at radius 1 is 1.36 bits per heavy atom. The van der Waals surface area contributed by atoms with Crippen molar-refractivity contribution < 1.29 is 23.2 Å². The number of halogens is 2. The van der Waals surface area contributed by atoms with E-state index in [9.17, 15) is 9.18 Å². The predicted octanol–water partition coefficient (Wildman–Crippen LogP) is 2.93. The fraction of sp³-hybridized carbons (Fsp3) is 0.591. The molecule has 1 spiro atoms. The van der Waals surface area contributed by atoms with Crippen molar-refractivity contribution in [2.45, 2.75) is 44.6 Å². The molecule has 6 rings (SSSR count). The van der Waals surface area contributed by atoms with Crippen LogP contribution in [0.5, 0.6) is 0 Å². The number of hydrogen-bond acceptors (Lipinski definition) is 8. The second kappa shape index (κ2) is 7.54. The maximum Gasteiger partial charge on any atom is 0.416 e. The van der Waals surface area contributed by atoms with E-state index >= 15 is 0 Å². The van der Waals surface area contributed by atoms with Crippen molar-refractivity contribution in [3.63, 3.8) is 0 Å². The average molecular weight is 478 g/mol. The highest BCUT2D eigenvalue weighted by molar-refractivity contribution is 6.38. The molecule has 2 aromatic rings. The smallest absolute Gasteiger partial charge is 0.416 e. The van der Waals surface area contributed by atoms with Crippen LogP contribution in [0.4, 0.5) is 20.7 Å². The fourth-order valence-corrected chi connectivity index (χ4v) is 6.36. The summed E-state index contributed by atoms with van der Waals surface area (Å²) >= 11 is 6.95. The summed E-state index contributed by atoms with van der Waals surface area (Å²) in [5.74, 6) is 0.297. The Kier molecular flexibility index (Phi) is 4.83. The van der Waals surface area contributed by atoms with E-state index in [4.69, 9.17) is 25.6 Å². The topological polar surface area (TPSA) is 92.4 Å². The summed E-state index contributed by atoms with van der Waals surface area (Å²) in [6.07, 6.45) is 1.31. The first-order chi connectivity index (χ1) is 15.9. The third-order valence-electron chi connectivity index (χ3n) is 7.12. The number of nitrogens with zero attached hydrogens (tertiary/aromatic N) is 4. The van der Waals surface area contributed by atoms with Gasteiger partial charge in [-0.25, -0.2) is 9.18 Å². The Morgan fingerprint density at radius 2 is 2.21 bits per heavy atom. The van der Waals surface area contributed by atoms with Crippen LogP contribution in [0.15, 0.2) is 15.6 Å². The summed E-state index contributed by atoms with van der Waals surface area (Å²) < 4.78 is 30.0. The minimum absolute atomic E-state index is 0.0256. The Balaban J connectivity index is 1.51. The van der Waals surface area contributed by atoms with Gasteiger partial charge in [0.05, 0.1) is 42.5 Å². The number of fused-ring (bicyclic) bond motifs is 5. The second-order valence-electron chi connectivity index (χ2n) is 9.41. The number of alkyl halides is 1. The highest BCUT2D eigenvalue weighted by Crippen LogP contribution is 2.50. The lowest BCUT2D eigenvalue weighted by molar-refractivity contribution is -0.0519. The van der Waals surface area contributed by atoms with Gasteiger partial charge in [-0.15, -0.1) is 0 Å². The zero-order chi connectivity index (χ0) is 22.9. The quantitative estimate of drug-likeness (QED) is 0.710. The zero-order valence-corrected chi connectivity index (χ0v) is 19.1. The van der Waals surface area contributed by atoms with Crippen LogP contribution < -0.4 is 15.1 Å². The van der Waals surface area contributed by atoms with Crippen molar-refractivity contribution >= 4 is 46.4 Å². The molecule has 1 N–H and O–H groups in total. The standard InChI is InChI=1S/C22H25ClFN5O4/c1-11-6-28-17-13(4-22(8-25-10-26-9-22)19(28)12(2)31-11)3-15-18(16(17)23)33-27-20(15)29-7-14(5-24)32-21(29)30/h3,8,11-12,14,19,26H,4-7,9-10H2,1-2H3/t11-,12+,14-,19-,22?/m1/s1. The first-order valence-electron chi connectivity index (χ1n) is 11.2. The van der Waals surface area contributed by atoms with Crippen LogP contribution in [0.1, 0.15) is 19.4 Å². The minimum atomic E-state index is -0.817. The SMILES string of the molecule is C[C@@H]1CN2c3c(cc4c(N5C[C@@H](CF)OC5=O)noc4c3Cl)CC3(C=NCNC3)[C@H]2[C@H](C)O1. The molecule has 0 saturated carbocycles. The lowest BCUT2D eigenvalue weighted by Crippen LogP contribution is -2.67. The van der Waals surface area contributed by atoms with Gasteiger partial charge in [-0.05, 0) is 31.9 Å². The van der Waals surface area contributed by atoms with E-state index in [0.29, 0.717) is 41.4 Å². The van der Waals surface area contributed by atoms with Crippen LogP contribution in [0.3, 0.4) is 0 Å². The van der Waals surface area contributed by atoms with Gasteiger partial charge < -0.3 is 18.9 Å². The summed E-state index contributed by atoms with van der Waals surface area (Å²) in [4.78, 5) is 20.5. The van der Waals surface area contributed by atoms with Crippen LogP contribution in [0.25, 0.3) is 11.0 Å². The molecule has 33 heavy (non-hydrogen) atoms. The largest absolute Gasteiger partial charge is 0.441 e. The van der Waals surface area contributed by atoms with Gasteiger partial charge in [0, 0.05) is 24.7 Å². The summed E-state index contributed by atoms with van der Waals surface area (Å²) in [6.45, 7) is 5.52. The van der Waals surface area contributed by atoms with E-state index in [2.05, 4.69) is 40.4 Å². The summed E-state index contributed by atoms with van der Waals surface area (Å²) in [5, 5.41) is 8.61. The third kappa shape index (κ3) is 3.07. The van der Waals surface area contributed by atoms with E-state index in [1.54, 1.807) is 0 Å². The highest BCUT2D eigenvalue weighted by Gasteiger charge is 2.52. The zero-order valence-electron chi connectivity index (χ0n) is 18.4. The average Bonchev–Trinajstić information content (AvgIpc) is 3.36. The molecule has 4 aliphatic rings. The molecule has 9 nitrogen and oxygen atoms in total. The van der Waals surface area contributed by atoms with Gasteiger partial charge in [0.1, 0.15) is 17.8 Å². The number of anilines is 2. The minimum Gasteiger partial charge on any atom is -0.441 e. The molecule has 1 aromatic heterocycles. The summed E-state index contributed by atoms with van der Waals surface area (Å²) in [7, 11) is 0. The number of benzene rings is 1. The monoisotopic (exact) mass is 477 g/mol. The van der Waals surface area contributed by atoms with Gasteiger partial charge in [-0.1, -0.05) is 16.8 Å². The number of nitrogens with one attached hydrogen (secondary N) is 1. The number of rotatable bonds is 2. The van der Waals surface area contributed by atoms with Crippen molar-refractivity contribution in [3.8, 4) is 0 Å². The molecule has 2 fully saturated rings. The van der Waals surface area contributed by atoms with Gasteiger partial charge in [0.25, 0.3) is 0 Å². The molecule has 1 unspecified atom stereocenters. The van der Waals surface area contributed by atoms with Gasteiger partial charge >= 0.3 is 6.09 Å². The van der Waals surface area contributed by atoms with Gasteiger partial charge in [-0.3, -0.25) is 15.2 Å². The van der Waals surface area contributed by atoms with Gasteiger partial charge in [0.2, 0.25) is 0 Å². The van der Waals surface area contributed by atoms with E-state index in [-0.39, 0.29) is 30.2 Å². The molecule has 0 bridgehead atoms. The molecule has 5 atom stereocenters. The van der Waals surface area contributed by atoms with Crippen LogP contribution in [-0.2, 0) is 15.9 Å². The van der Waals surface area contributed by atoms with Gasteiger partial charge in [0.15, 0.2) is 11.4 Å². The first kappa shape index (κ1) is 21.1. The van der Waals surface area contributed by atoms with Crippen molar-refractivity contribution in [2.75, 3.05) is 42.8 Å². The molecule has 0 radical (unpaired) electrons. The predicted molar refractivity (Wildman–Crippen MR) is 121 cm³/mol. The molecule has 176 valence electrons. The number of ether oxygens (including phenoxy) is 2. The third-order valence-corrected chi connectivity index (χ3v) is 7.47. The molecule has 2 saturated heterocycles. The van der Waals surface area contributed by atoms with E-state index in [1.165, 1.54) is 4.90 Å². The molecule has 11 heteroatoms. The maximum atomic E-state index is 13.1. The number of aromatic nitrogens is 1. The lowest BCUT2D eigenvalue weighted by Gasteiger charge is -2.56. The van der Waals surface area contributed by atoms with E-state index in [0.717, 1.165) is 17.8 Å². The fourth-order valence-electron chi connectivity index (χ4n) is 5.99. The van der Waals surface area contributed by atoms with Gasteiger partial charge in [-0.2, -0.15) is 0 Å². The van der Waals surface area contributed by atoms with Crippen LogP contribution >= 0.6 is 11.6 Å². The number of aliphatic imine (C=N–C) groups is 1. The maximum absolute atomic E-state index is 13.1. The second-order valence-corrected chi connectivity index (χ2v) is 9.79. The Bertz CT molecular complexity index is 1160. The van der Waals surface area contributed by atoms with E-state index in [1.807, 2.05) is 6.07 Å².